The summed E-state index contributed by atoms with van der Waals surface area (Å²) in [6.07, 6.45) is 3.44. The predicted octanol–water partition coefficient (Wildman–Crippen LogP) is 4.91. The Morgan fingerprint density at radius 2 is 2.22 bits per heavy atom. The molecule has 0 aliphatic rings. The number of hydrogen-bond donors (Lipinski definition) is 1. The van der Waals surface area contributed by atoms with Gasteiger partial charge in [-0.3, -0.25) is 15.1 Å². The van der Waals surface area contributed by atoms with E-state index in [-0.39, 0.29) is 11.7 Å². The molecule has 0 radical (unpaired) electrons. The van der Waals surface area contributed by atoms with Crippen LogP contribution < -0.4 is 10.1 Å². The van der Waals surface area contributed by atoms with Crippen molar-refractivity contribution in [3.05, 3.63) is 59.4 Å². The fourth-order valence-electron chi connectivity index (χ4n) is 2.80. The standard InChI is InChI=1S/C20H17N3O3S/c1-3-25-14-6-7-17-15(9-14)12(2)18(26-17)19(24)23-20-22-16(11-27-20)13-5-4-8-21-10-13/h4-11H,3H2,1-2H3,(H,22,23,24). The minimum Gasteiger partial charge on any atom is -0.494 e. The summed E-state index contributed by atoms with van der Waals surface area (Å²) < 4.78 is 11.3. The van der Waals surface area contributed by atoms with Crippen molar-refractivity contribution in [3.63, 3.8) is 0 Å². The van der Waals surface area contributed by atoms with Gasteiger partial charge < -0.3 is 9.15 Å². The van der Waals surface area contributed by atoms with Gasteiger partial charge in [-0.15, -0.1) is 11.3 Å². The van der Waals surface area contributed by atoms with E-state index >= 15 is 0 Å². The maximum Gasteiger partial charge on any atom is 0.293 e. The van der Waals surface area contributed by atoms with Crippen molar-refractivity contribution in [2.45, 2.75) is 13.8 Å². The largest absolute Gasteiger partial charge is 0.494 e. The van der Waals surface area contributed by atoms with Gasteiger partial charge in [-0.2, -0.15) is 0 Å². The molecule has 0 aliphatic heterocycles. The molecule has 4 aromatic rings. The van der Waals surface area contributed by atoms with Crippen LogP contribution in [0.3, 0.4) is 0 Å². The molecule has 1 N–H and O–H groups in total. The molecule has 0 spiro atoms. The van der Waals surface area contributed by atoms with Gasteiger partial charge in [0.1, 0.15) is 11.3 Å². The van der Waals surface area contributed by atoms with Crippen LogP contribution in [-0.4, -0.2) is 22.5 Å². The molecule has 1 amide bonds. The molecule has 0 fully saturated rings. The maximum absolute atomic E-state index is 12.7. The summed E-state index contributed by atoms with van der Waals surface area (Å²) in [5.41, 5.74) is 3.09. The molecule has 0 saturated heterocycles. The lowest BCUT2D eigenvalue weighted by Crippen LogP contribution is -2.11. The Morgan fingerprint density at radius 1 is 1.33 bits per heavy atom. The number of carbonyl (C=O) groups is 1. The molecule has 0 atom stereocenters. The van der Waals surface area contributed by atoms with Gasteiger partial charge in [0.15, 0.2) is 10.9 Å². The lowest BCUT2D eigenvalue weighted by atomic mass is 10.1. The summed E-state index contributed by atoms with van der Waals surface area (Å²) in [5.74, 6) is 0.701. The Kier molecular flexibility index (Phi) is 4.60. The summed E-state index contributed by atoms with van der Waals surface area (Å²) >= 11 is 1.36. The van der Waals surface area contributed by atoms with E-state index in [2.05, 4.69) is 15.3 Å². The van der Waals surface area contributed by atoms with E-state index in [4.69, 9.17) is 9.15 Å². The number of amides is 1. The Balaban J connectivity index is 1.58. The lowest BCUT2D eigenvalue weighted by molar-refractivity contribution is 0.0998. The molecule has 3 heterocycles. The summed E-state index contributed by atoms with van der Waals surface area (Å²) in [5, 5.41) is 6.06. The van der Waals surface area contributed by atoms with E-state index in [9.17, 15) is 4.79 Å². The maximum atomic E-state index is 12.7. The van der Waals surface area contributed by atoms with Crippen LogP contribution in [0.5, 0.6) is 5.75 Å². The normalized spacial score (nSPS) is 10.9. The Morgan fingerprint density at radius 3 is 3.00 bits per heavy atom. The third-order valence-electron chi connectivity index (χ3n) is 4.11. The van der Waals surface area contributed by atoms with Crippen LogP contribution in [0.2, 0.25) is 0 Å². The third kappa shape index (κ3) is 3.41. The Labute approximate surface area is 159 Å². The number of thiazole rings is 1. The molecule has 0 unspecified atom stereocenters. The molecular formula is C20H17N3O3S. The van der Waals surface area contributed by atoms with E-state index in [1.807, 2.05) is 49.6 Å². The number of nitrogens with one attached hydrogen (secondary N) is 1. The third-order valence-corrected chi connectivity index (χ3v) is 4.86. The van der Waals surface area contributed by atoms with Gasteiger partial charge in [0.05, 0.1) is 12.3 Å². The number of carbonyl (C=O) groups excluding carboxylic acids is 1. The number of pyridine rings is 1. The molecule has 0 aliphatic carbocycles. The number of aryl methyl sites for hydroxylation is 1. The molecule has 3 aromatic heterocycles. The molecular weight excluding hydrogens is 362 g/mol. The first-order valence-corrected chi connectivity index (χ1v) is 9.37. The topological polar surface area (TPSA) is 77.2 Å². The predicted molar refractivity (Wildman–Crippen MR) is 105 cm³/mol. The van der Waals surface area contributed by atoms with Crippen molar-refractivity contribution < 1.29 is 13.9 Å². The number of rotatable bonds is 5. The highest BCUT2D eigenvalue weighted by Gasteiger charge is 2.19. The highest BCUT2D eigenvalue weighted by Crippen LogP contribution is 2.30. The zero-order valence-corrected chi connectivity index (χ0v) is 15.7. The van der Waals surface area contributed by atoms with Gasteiger partial charge >= 0.3 is 0 Å². The van der Waals surface area contributed by atoms with Crippen LogP contribution in [0, 0.1) is 6.92 Å². The molecule has 4 rings (SSSR count). The van der Waals surface area contributed by atoms with Crippen LogP contribution >= 0.6 is 11.3 Å². The molecule has 1 aromatic carbocycles. The summed E-state index contributed by atoms with van der Waals surface area (Å²) in [6, 6.07) is 9.30. The lowest BCUT2D eigenvalue weighted by Gasteiger charge is -2.01. The van der Waals surface area contributed by atoms with Crippen molar-refractivity contribution in [2.24, 2.45) is 0 Å². The van der Waals surface area contributed by atoms with Crippen molar-refractivity contribution in [2.75, 3.05) is 11.9 Å². The number of fused-ring (bicyclic) bond motifs is 1. The number of anilines is 1. The van der Waals surface area contributed by atoms with Crippen LogP contribution in [0.4, 0.5) is 5.13 Å². The van der Waals surface area contributed by atoms with E-state index in [1.165, 1.54) is 11.3 Å². The first kappa shape index (κ1) is 17.2. The molecule has 0 saturated carbocycles. The molecule has 0 bridgehead atoms. The number of benzene rings is 1. The number of nitrogens with zero attached hydrogens (tertiary/aromatic N) is 2. The van der Waals surface area contributed by atoms with Crippen molar-refractivity contribution >= 4 is 33.3 Å². The van der Waals surface area contributed by atoms with Gasteiger partial charge in [0, 0.05) is 34.3 Å². The second kappa shape index (κ2) is 7.20. The fraction of sp³-hybridized carbons (Fsp3) is 0.150. The zero-order valence-electron chi connectivity index (χ0n) is 14.9. The monoisotopic (exact) mass is 379 g/mol. The van der Waals surface area contributed by atoms with Crippen molar-refractivity contribution in [3.8, 4) is 17.0 Å². The summed E-state index contributed by atoms with van der Waals surface area (Å²) in [6.45, 7) is 4.37. The average molecular weight is 379 g/mol. The van der Waals surface area contributed by atoms with E-state index in [0.717, 1.165) is 28.0 Å². The number of furan rings is 1. The number of ether oxygens (including phenoxy) is 1. The first-order valence-electron chi connectivity index (χ1n) is 8.49. The zero-order chi connectivity index (χ0) is 18.8. The first-order chi connectivity index (χ1) is 13.2. The number of hydrogen-bond acceptors (Lipinski definition) is 6. The smallest absolute Gasteiger partial charge is 0.293 e. The van der Waals surface area contributed by atoms with Crippen LogP contribution in [0.1, 0.15) is 23.0 Å². The summed E-state index contributed by atoms with van der Waals surface area (Å²) in [4.78, 5) is 21.2. The highest BCUT2D eigenvalue weighted by molar-refractivity contribution is 7.14. The highest BCUT2D eigenvalue weighted by atomic mass is 32.1. The molecule has 6 nitrogen and oxygen atoms in total. The molecule has 27 heavy (non-hydrogen) atoms. The average Bonchev–Trinajstić information content (AvgIpc) is 3.28. The summed E-state index contributed by atoms with van der Waals surface area (Å²) in [7, 11) is 0. The minimum atomic E-state index is -0.325. The van der Waals surface area contributed by atoms with E-state index in [0.29, 0.717) is 17.3 Å². The van der Waals surface area contributed by atoms with Crippen LogP contribution in [0.15, 0.2) is 52.5 Å². The molecule has 136 valence electrons. The second-order valence-electron chi connectivity index (χ2n) is 5.88. The van der Waals surface area contributed by atoms with Crippen molar-refractivity contribution in [1.82, 2.24) is 9.97 Å². The fourth-order valence-corrected chi connectivity index (χ4v) is 3.52. The van der Waals surface area contributed by atoms with Crippen molar-refractivity contribution in [1.29, 1.82) is 0 Å². The SMILES string of the molecule is CCOc1ccc2oc(C(=O)Nc3nc(-c4cccnc4)cs3)c(C)c2c1. The number of aromatic nitrogens is 2. The van der Waals surface area contributed by atoms with Crippen LogP contribution in [-0.2, 0) is 0 Å². The van der Waals surface area contributed by atoms with E-state index in [1.54, 1.807) is 12.4 Å². The van der Waals surface area contributed by atoms with Gasteiger partial charge in [-0.05, 0) is 44.2 Å². The van der Waals surface area contributed by atoms with Gasteiger partial charge in [0.2, 0.25) is 0 Å². The Bertz CT molecular complexity index is 1100. The van der Waals surface area contributed by atoms with Gasteiger partial charge in [0.25, 0.3) is 5.91 Å². The van der Waals surface area contributed by atoms with Gasteiger partial charge in [-0.1, -0.05) is 0 Å². The van der Waals surface area contributed by atoms with Gasteiger partial charge in [-0.25, -0.2) is 4.98 Å². The minimum absolute atomic E-state index is 0.275. The Hall–Kier alpha value is -3.19. The second-order valence-corrected chi connectivity index (χ2v) is 6.74. The molecule has 7 heteroatoms. The van der Waals surface area contributed by atoms with Crippen LogP contribution in [0.25, 0.3) is 22.2 Å². The van der Waals surface area contributed by atoms with E-state index < -0.39 is 0 Å². The quantitative estimate of drug-likeness (QED) is 0.533.